The summed E-state index contributed by atoms with van der Waals surface area (Å²) in [5.41, 5.74) is 2.05. The van der Waals surface area contributed by atoms with Crippen LogP contribution in [-0.2, 0) is 4.79 Å². The summed E-state index contributed by atoms with van der Waals surface area (Å²) in [6, 6.07) is 16.8. The molecular formula is C24H31N3O2S. The number of hydrogen-bond donors (Lipinski definition) is 3. The summed E-state index contributed by atoms with van der Waals surface area (Å²) < 4.78 is 0. The lowest BCUT2D eigenvalue weighted by Gasteiger charge is -2.17. The highest BCUT2D eigenvalue weighted by atomic mass is 32.1. The van der Waals surface area contributed by atoms with Gasteiger partial charge in [-0.25, -0.2) is 0 Å². The molecule has 0 heterocycles. The quantitative estimate of drug-likeness (QED) is 0.354. The molecule has 0 aliphatic carbocycles. The number of para-hydroxylation sites is 1. The van der Waals surface area contributed by atoms with E-state index in [1.807, 2.05) is 43.3 Å². The van der Waals surface area contributed by atoms with Crippen molar-refractivity contribution in [1.82, 2.24) is 10.6 Å². The predicted molar refractivity (Wildman–Crippen MR) is 127 cm³/mol. The molecule has 6 heteroatoms. The molecule has 2 rings (SSSR count). The van der Waals surface area contributed by atoms with Crippen molar-refractivity contribution in [3.05, 3.63) is 65.7 Å². The highest BCUT2D eigenvalue weighted by molar-refractivity contribution is 7.80. The zero-order valence-electron chi connectivity index (χ0n) is 17.7. The van der Waals surface area contributed by atoms with E-state index in [1.54, 1.807) is 18.2 Å². The van der Waals surface area contributed by atoms with Crippen molar-refractivity contribution in [1.29, 1.82) is 0 Å². The topological polar surface area (TPSA) is 70.2 Å². The Bertz CT molecular complexity index is 839. The number of amides is 2. The first-order chi connectivity index (χ1) is 14.5. The van der Waals surface area contributed by atoms with Gasteiger partial charge in [0.25, 0.3) is 5.91 Å². The number of hydrogen-bond acceptors (Lipinski definition) is 3. The maximum atomic E-state index is 12.8. The van der Waals surface area contributed by atoms with E-state index in [0.29, 0.717) is 17.7 Å². The first-order valence-corrected chi connectivity index (χ1v) is 11.0. The molecule has 30 heavy (non-hydrogen) atoms. The van der Waals surface area contributed by atoms with Crippen molar-refractivity contribution in [3.63, 3.8) is 0 Å². The Morgan fingerprint density at radius 2 is 1.60 bits per heavy atom. The molecule has 2 aromatic rings. The zero-order valence-corrected chi connectivity index (χ0v) is 18.6. The number of anilines is 1. The molecule has 0 bridgehead atoms. The first kappa shape index (κ1) is 23.5. The van der Waals surface area contributed by atoms with Gasteiger partial charge < -0.3 is 16.0 Å². The van der Waals surface area contributed by atoms with E-state index >= 15 is 0 Å². The zero-order chi connectivity index (χ0) is 21.8. The summed E-state index contributed by atoms with van der Waals surface area (Å²) in [4.78, 5) is 24.9. The maximum absolute atomic E-state index is 12.8. The van der Waals surface area contributed by atoms with Crippen LogP contribution in [0.5, 0.6) is 0 Å². The fraction of sp³-hybridized carbons (Fsp3) is 0.375. The summed E-state index contributed by atoms with van der Waals surface area (Å²) in [5.74, 6) is -0.317. The highest BCUT2D eigenvalue weighted by Gasteiger charge is 2.15. The third-order valence-electron chi connectivity index (χ3n) is 4.83. The van der Waals surface area contributed by atoms with Gasteiger partial charge in [-0.1, -0.05) is 75.1 Å². The molecular weight excluding hydrogens is 394 g/mol. The second kappa shape index (κ2) is 12.8. The van der Waals surface area contributed by atoms with Crippen molar-refractivity contribution in [2.24, 2.45) is 0 Å². The summed E-state index contributed by atoms with van der Waals surface area (Å²) in [6.45, 7) is 4.10. The van der Waals surface area contributed by atoms with E-state index in [-0.39, 0.29) is 23.0 Å². The van der Waals surface area contributed by atoms with Crippen LogP contribution in [0.2, 0.25) is 0 Å². The smallest absolute Gasteiger partial charge is 0.253 e. The Morgan fingerprint density at radius 3 is 2.33 bits per heavy atom. The van der Waals surface area contributed by atoms with Crippen LogP contribution in [-0.4, -0.2) is 16.9 Å². The van der Waals surface area contributed by atoms with E-state index in [1.165, 1.54) is 12.8 Å². The van der Waals surface area contributed by atoms with Gasteiger partial charge in [-0.15, -0.1) is 0 Å². The molecule has 5 nitrogen and oxygen atoms in total. The van der Waals surface area contributed by atoms with Gasteiger partial charge in [0.1, 0.15) is 0 Å². The molecule has 0 spiro atoms. The summed E-state index contributed by atoms with van der Waals surface area (Å²) in [7, 11) is 0. The van der Waals surface area contributed by atoms with E-state index in [9.17, 15) is 9.59 Å². The summed E-state index contributed by atoms with van der Waals surface area (Å²) >= 11 is 5.27. The van der Waals surface area contributed by atoms with Gasteiger partial charge in [0, 0.05) is 6.42 Å². The van der Waals surface area contributed by atoms with Crippen LogP contribution in [0.25, 0.3) is 0 Å². The van der Waals surface area contributed by atoms with Gasteiger partial charge in [0.15, 0.2) is 5.11 Å². The van der Waals surface area contributed by atoms with Gasteiger partial charge in [0.2, 0.25) is 5.91 Å². The molecule has 0 aliphatic heterocycles. The molecule has 0 aromatic heterocycles. The molecule has 0 saturated heterocycles. The van der Waals surface area contributed by atoms with Crippen LogP contribution >= 0.6 is 12.2 Å². The Kier molecular flexibility index (Phi) is 10.0. The monoisotopic (exact) mass is 425 g/mol. The lowest BCUT2D eigenvalue weighted by Crippen LogP contribution is -2.35. The number of rotatable bonds is 10. The van der Waals surface area contributed by atoms with Crippen molar-refractivity contribution >= 4 is 34.8 Å². The van der Waals surface area contributed by atoms with E-state index < -0.39 is 0 Å². The third kappa shape index (κ3) is 7.95. The average molecular weight is 426 g/mol. The SMILES string of the molecule is CCCCCCCC(=O)NC(=S)Nc1ccccc1C(=O)NC(C)c1ccccc1. The van der Waals surface area contributed by atoms with Crippen molar-refractivity contribution in [2.45, 2.75) is 58.4 Å². The molecule has 160 valence electrons. The van der Waals surface area contributed by atoms with Crippen molar-refractivity contribution in [3.8, 4) is 0 Å². The number of thiocarbonyl (C=S) groups is 1. The van der Waals surface area contributed by atoms with Crippen LogP contribution in [0.3, 0.4) is 0 Å². The van der Waals surface area contributed by atoms with Gasteiger partial charge in [0.05, 0.1) is 17.3 Å². The fourth-order valence-electron chi connectivity index (χ4n) is 3.12. The molecule has 0 aliphatic rings. The largest absolute Gasteiger partial charge is 0.345 e. The molecule has 1 unspecified atom stereocenters. The second-order valence-electron chi connectivity index (χ2n) is 7.32. The van der Waals surface area contributed by atoms with Crippen molar-refractivity contribution in [2.75, 3.05) is 5.32 Å². The Hall–Kier alpha value is -2.73. The Balaban J connectivity index is 1.90. The Labute approximate surface area is 184 Å². The Morgan fingerprint density at radius 1 is 0.933 bits per heavy atom. The molecule has 2 aromatic carbocycles. The molecule has 0 saturated carbocycles. The van der Waals surface area contributed by atoms with Crippen molar-refractivity contribution < 1.29 is 9.59 Å². The van der Waals surface area contributed by atoms with E-state index in [0.717, 1.165) is 24.8 Å². The van der Waals surface area contributed by atoms with Crippen LogP contribution < -0.4 is 16.0 Å². The molecule has 0 radical (unpaired) electrons. The number of carbonyl (C=O) groups is 2. The van der Waals surface area contributed by atoms with Crippen LogP contribution in [0.1, 0.15) is 74.3 Å². The van der Waals surface area contributed by atoms with E-state index in [2.05, 4.69) is 22.9 Å². The number of nitrogens with one attached hydrogen (secondary N) is 3. The third-order valence-corrected chi connectivity index (χ3v) is 5.03. The van der Waals surface area contributed by atoms with Crippen LogP contribution in [0, 0.1) is 0 Å². The molecule has 0 fully saturated rings. The second-order valence-corrected chi connectivity index (χ2v) is 7.73. The molecule has 3 N–H and O–H groups in total. The standard InChI is InChI=1S/C24H31N3O2S/c1-3-4-5-6-10-17-22(28)27-24(30)26-21-16-12-11-15-20(21)23(29)25-18(2)19-13-8-7-9-14-19/h7-9,11-16,18H,3-6,10,17H2,1-2H3,(H,25,29)(H2,26,27,28,30). The number of carbonyl (C=O) groups excluding carboxylic acids is 2. The minimum Gasteiger partial charge on any atom is -0.345 e. The highest BCUT2D eigenvalue weighted by Crippen LogP contribution is 2.18. The van der Waals surface area contributed by atoms with Gasteiger partial charge in [-0.05, 0) is 43.3 Å². The minimum atomic E-state index is -0.209. The van der Waals surface area contributed by atoms with Gasteiger partial charge in [-0.3, -0.25) is 9.59 Å². The van der Waals surface area contributed by atoms with Crippen LogP contribution in [0.15, 0.2) is 54.6 Å². The lowest BCUT2D eigenvalue weighted by atomic mass is 10.1. The normalized spacial score (nSPS) is 11.4. The van der Waals surface area contributed by atoms with Gasteiger partial charge in [-0.2, -0.15) is 0 Å². The summed E-state index contributed by atoms with van der Waals surface area (Å²) in [5, 5.41) is 8.89. The average Bonchev–Trinajstić information content (AvgIpc) is 2.74. The fourth-order valence-corrected chi connectivity index (χ4v) is 3.35. The summed E-state index contributed by atoms with van der Waals surface area (Å²) in [6.07, 6.45) is 5.87. The van der Waals surface area contributed by atoms with Gasteiger partial charge >= 0.3 is 0 Å². The number of benzene rings is 2. The number of unbranched alkanes of at least 4 members (excludes halogenated alkanes) is 4. The minimum absolute atomic E-state index is 0.108. The molecule has 1 atom stereocenters. The first-order valence-electron chi connectivity index (χ1n) is 10.6. The maximum Gasteiger partial charge on any atom is 0.253 e. The predicted octanol–water partition coefficient (Wildman–Crippen LogP) is 5.35. The van der Waals surface area contributed by atoms with Crippen LogP contribution in [0.4, 0.5) is 5.69 Å². The molecule has 2 amide bonds. The van der Waals surface area contributed by atoms with E-state index in [4.69, 9.17) is 12.2 Å². The lowest BCUT2D eigenvalue weighted by molar-refractivity contribution is -0.119.